The summed E-state index contributed by atoms with van der Waals surface area (Å²) in [4.78, 5) is 13.1. The summed E-state index contributed by atoms with van der Waals surface area (Å²) in [6, 6.07) is 0.160. The van der Waals surface area contributed by atoms with E-state index in [0.29, 0.717) is 12.6 Å². The number of likely N-dealkylation sites (N-methyl/N-ethyl adjacent to an activating group) is 1. The average molecular weight is 200 g/mol. The molecule has 2 unspecified atom stereocenters. The van der Waals surface area contributed by atoms with E-state index in [1.807, 2.05) is 0 Å². The smallest absolute Gasteiger partial charge is 0.322 e. The van der Waals surface area contributed by atoms with Gasteiger partial charge in [0.15, 0.2) is 0 Å². The Morgan fingerprint density at radius 2 is 2.43 bits per heavy atom. The Balaban J connectivity index is 2.45. The zero-order chi connectivity index (χ0) is 10.6. The molecule has 2 N–H and O–H groups in total. The molecule has 0 amide bonds. The van der Waals surface area contributed by atoms with E-state index in [0.717, 1.165) is 13.0 Å². The zero-order valence-electron chi connectivity index (χ0n) is 8.99. The average Bonchev–Trinajstić information content (AvgIpc) is 2.60. The summed E-state index contributed by atoms with van der Waals surface area (Å²) in [6.07, 6.45) is 3.54. The van der Waals surface area contributed by atoms with E-state index in [1.54, 1.807) is 7.05 Å². The number of rotatable bonds is 5. The summed E-state index contributed by atoms with van der Waals surface area (Å²) in [7, 11) is 1.70. The summed E-state index contributed by atoms with van der Waals surface area (Å²) < 4.78 is 0. The highest BCUT2D eigenvalue weighted by Gasteiger charge is 2.27. The highest BCUT2D eigenvalue weighted by molar-refractivity contribution is 5.73. The van der Waals surface area contributed by atoms with Crippen LogP contribution in [0.15, 0.2) is 0 Å². The van der Waals surface area contributed by atoms with E-state index < -0.39 is 12.0 Å². The van der Waals surface area contributed by atoms with Crippen molar-refractivity contribution in [2.24, 2.45) is 0 Å². The summed E-state index contributed by atoms with van der Waals surface area (Å²) >= 11 is 0. The molecule has 14 heavy (non-hydrogen) atoms. The summed E-state index contributed by atoms with van der Waals surface area (Å²) in [5, 5.41) is 11.7. The van der Waals surface area contributed by atoms with Crippen LogP contribution in [0.25, 0.3) is 0 Å². The van der Waals surface area contributed by atoms with E-state index >= 15 is 0 Å². The van der Waals surface area contributed by atoms with Gasteiger partial charge in [-0.05, 0) is 32.9 Å². The summed E-state index contributed by atoms with van der Waals surface area (Å²) in [5.74, 6) is -0.755. The standard InChI is InChI=1S/C10H20N2O2/c1-3-8-5-4-6-12(8)7-9(11-2)10(13)14/h8-9,11H,3-7H2,1-2H3,(H,13,14). The van der Waals surface area contributed by atoms with Gasteiger partial charge in [-0.25, -0.2) is 0 Å². The van der Waals surface area contributed by atoms with Crippen LogP contribution in [0.5, 0.6) is 0 Å². The monoisotopic (exact) mass is 200 g/mol. The molecule has 1 fully saturated rings. The number of carboxylic acids is 1. The fraction of sp³-hybridized carbons (Fsp3) is 0.900. The molecule has 4 heteroatoms. The van der Waals surface area contributed by atoms with Crippen LogP contribution >= 0.6 is 0 Å². The van der Waals surface area contributed by atoms with Crippen molar-refractivity contribution in [1.82, 2.24) is 10.2 Å². The van der Waals surface area contributed by atoms with E-state index in [9.17, 15) is 4.79 Å². The van der Waals surface area contributed by atoms with Gasteiger partial charge in [0.1, 0.15) is 6.04 Å². The van der Waals surface area contributed by atoms with Gasteiger partial charge in [0.05, 0.1) is 0 Å². The molecule has 1 saturated heterocycles. The Kier molecular flexibility index (Phi) is 4.35. The highest BCUT2D eigenvalue weighted by Crippen LogP contribution is 2.19. The van der Waals surface area contributed by atoms with Crippen molar-refractivity contribution in [2.45, 2.75) is 38.3 Å². The predicted molar refractivity (Wildman–Crippen MR) is 55.4 cm³/mol. The van der Waals surface area contributed by atoms with E-state index in [-0.39, 0.29) is 0 Å². The van der Waals surface area contributed by atoms with Crippen molar-refractivity contribution in [1.29, 1.82) is 0 Å². The molecular formula is C10H20N2O2. The van der Waals surface area contributed by atoms with E-state index in [4.69, 9.17) is 5.11 Å². The fourth-order valence-corrected chi connectivity index (χ4v) is 2.13. The Morgan fingerprint density at radius 1 is 1.71 bits per heavy atom. The molecule has 1 heterocycles. The normalized spacial score (nSPS) is 25.1. The van der Waals surface area contributed by atoms with Crippen LogP contribution < -0.4 is 5.32 Å². The summed E-state index contributed by atoms with van der Waals surface area (Å²) in [5.41, 5.74) is 0. The van der Waals surface area contributed by atoms with Gasteiger partial charge in [0.2, 0.25) is 0 Å². The van der Waals surface area contributed by atoms with Gasteiger partial charge in [-0.2, -0.15) is 0 Å². The lowest BCUT2D eigenvalue weighted by Gasteiger charge is -2.26. The maximum Gasteiger partial charge on any atom is 0.322 e. The molecule has 0 aliphatic carbocycles. The lowest BCUT2D eigenvalue weighted by Crippen LogP contribution is -2.46. The van der Waals surface area contributed by atoms with Gasteiger partial charge in [-0.3, -0.25) is 9.69 Å². The topological polar surface area (TPSA) is 52.6 Å². The molecule has 1 aliphatic heterocycles. The Hall–Kier alpha value is -0.610. The van der Waals surface area contributed by atoms with Crippen molar-refractivity contribution in [2.75, 3.05) is 20.1 Å². The molecule has 0 saturated carbocycles. The van der Waals surface area contributed by atoms with Gasteiger partial charge < -0.3 is 10.4 Å². The van der Waals surface area contributed by atoms with Crippen LogP contribution in [-0.4, -0.2) is 48.2 Å². The van der Waals surface area contributed by atoms with Crippen LogP contribution in [0.4, 0.5) is 0 Å². The number of hydrogen-bond donors (Lipinski definition) is 2. The van der Waals surface area contributed by atoms with Crippen molar-refractivity contribution in [3.8, 4) is 0 Å². The number of nitrogens with zero attached hydrogens (tertiary/aromatic N) is 1. The second-order valence-corrected chi connectivity index (χ2v) is 3.88. The van der Waals surface area contributed by atoms with Crippen LogP contribution in [0.1, 0.15) is 26.2 Å². The lowest BCUT2D eigenvalue weighted by molar-refractivity contribution is -0.139. The molecule has 0 aromatic carbocycles. The van der Waals surface area contributed by atoms with E-state index in [1.165, 1.54) is 12.8 Å². The van der Waals surface area contributed by atoms with Crippen molar-refractivity contribution >= 4 is 5.97 Å². The van der Waals surface area contributed by atoms with Crippen molar-refractivity contribution < 1.29 is 9.90 Å². The number of nitrogens with one attached hydrogen (secondary N) is 1. The first kappa shape index (κ1) is 11.5. The third-order valence-electron chi connectivity index (χ3n) is 3.03. The molecule has 4 nitrogen and oxygen atoms in total. The SMILES string of the molecule is CCC1CCCN1CC(NC)C(=O)O. The van der Waals surface area contributed by atoms with Crippen molar-refractivity contribution in [3.63, 3.8) is 0 Å². The minimum atomic E-state index is -0.755. The number of hydrogen-bond acceptors (Lipinski definition) is 3. The Labute approximate surface area is 85.3 Å². The molecule has 0 radical (unpaired) electrons. The zero-order valence-corrected chi connectivity index (χ0v) is 8.99. The maximum absolute atomic E-state index is 10.8. The van der Waals surface area contributed by atoms with Crippen molar-refractivity contribution in [3.05, 3.63) is 0 Å². The Morgan fingerprint density at radius 3 is 2.93 bits per heavy atom. The molecule has 0 bridgehead atoms. The number of likely N-dealkylation sites (tertiary alicyclic amines) is 1. The minimum Gasteiger partial charge on any atom is -0.480 e. The summed E-state index contributed by atoms with van der Waals surface area (Å²) in [6.45, 7) is 3.84. The fourth-order valence-electron chi connectivity index (χ4n) is 2.13. The largest absolute Gasteiger partial charge is 0.480 e. The van der Waals surface area contributed by atoms with Crippen LogP contribution in [0, 0.1) is 0 Å². The quantitative estimate of drug-likeness (QED) is 0.680. The Bertz CT molecular complexity index is 197. The first-order valence-corrected chi connectivity index (χ1v) is 5.33. The first-order valence-electron chi connectivity index (χ1n) is 5.33. The minimum absolute atomic E-state index is 0.429. The molecule has 0 aromatic rings. The molecule has 1 rings (SSSR count). The molecular weight excluding hydrogens is 180 g/mol. The van der Waals surface area contributed by atoms with Gasteiger partial charge in [-0.1, -0.05) is 6.92 Å². The number of carbonyl (C=O) groups is 1. The maximum atomic E-state index is 10.8. The second kappa shape index (κ2) is 5.32. The number of carboxylic acid groups (broad SMARTS) is 1. The molecule has 0 spiro atoms. The third-order valence-corrected chi connectivity index (χ3v) is 3.03. The molecule has 82 valence electrons. The van der Waals surface area contributed by atoms with Crippen LogP contribution in [0.2, 0.25) is 0 Å². The van der Waals surface area contributed by atoms with Crippen LogP contribution in [0.3, 0.4) is 0 Å². The van der Waals surface area contributed by atoms with Gasteiger partial charge >= 0.3 is 5.97 Å². The number of aliphatic carboxylic acids is 1. The molecule has 2 atom stereocenters. The van der Waals surface area contributed by atoms with Gasteiger partial charge in [-0.15, -0.1) is 0 Å². The lowest BCUT2D eigenvalue weighted by atomic mass is 10.1. The van der Waals surface area contributed by atoms with Crippen LogP contribution in [-0.2, 0) is 4.79 Å². The van der Waals surface area contributed by atoms with Gasteiger partial charge in [0, 0.05) is 12.6 Å². The second-order valence-electron chi connectivity index (χ2n) is 3.88. The highest BCUT2D eigenvalue weighted by atomic mass is 16.4. The van der Waals surface area contributed by atoms with E-state index in [2.05, 4.69) is 17.1 Å². The first-order chi connectivity index (χ1) is 6.69. The predicted octanol–water partition coefficient (Wildman–Crippen LogP) is 0.533. The molecule has 1 aliphatic rings. The van der Waals surface area contributed by atoms with Gasteiger partial charge in [0.25, 0.3) is 0 Å². The molecule has 0 aromatic heterocycles. The third kappa shape index (κ3) is 2.69.